The van der Waals surface area contributed by atoms with Crippen LogP contribution in [0, 0.1) is 0 Å². The van der Waals surface area contributed by atoms with Crippen molar-refractivity contribution in [2.24, 2.45) is 0 Å². The molecule has 0 aliphatic rings. The maximum Gasteiger partial charge on any atom is 0.315 e. The molecule has 1 aromatic carbocycles. The van der Waals surface area contributed by atoms with Gasteiger partial charge in [-0.2, -0.15) is 0 Å². The summed E-state index contributed by atoms with van der Waals surface area (Å²) in [5.41, 5.74) is 1.07. The van der Waals surface area contributed by atoms with Gasteiger partial charge in [-0.15, -0.1) is 0 Å². The van der Waals surface area contributed by atoms with Crippen LogP contribution in [0.5, 0.6) is 0 Å². The second-order valence-electron chi connectivity index (χ2n) is 4.01. The first kappa shape index (κ1) is 12.2. The number of benzene rings is 1. The number of amides is 2. The van der Waals surface area contributed by atoms with Crippen LogP contribution in [0.15, 0.2) is 42.7 Å². The van der Waals surface area contributed by atoms with Gasteiger partial charge in [-0.3, -0.25) is 0 Å². The third-order valence-electron chi connectivity index (χ3n) is 2.57. The molecule has 0 aliphatic carbocycles. The molecule has 0 aliphatic heterocycles. The predicted octanol–water partition coefficient (Wildman–Crippen LogP) is 1.97. The first-order chi connectivity index (χ1) is 8.75. The molecule has 2 aromatic rings. The fraction of sp³-hybridized carbons (Fsp3) is 0.231. The molecule has 0 spiro atoms. The second-order valence-corrected chi connectivity index (χ2v) is 4.01. The average molecular weight is 244 g/mol. The van der Waals surface area contributed by atoms with Crippen molar-refractivity contribution in [3.8, 4) is 0 Å². The zero-order chi connectivity index (χ0) is 12.8. The molecule has 5 heteroatoms. The second kappa shape index (κ2) is 5.86. The minimum atomic E-state index is -0.206. The SMILES string of the molecule is CC(NC(=O)NCc1ccccc1)c1ncc[nH]1. The van der Waals surface area contributed by atoms with E-state index in [9.17, 15) is 4.79 Å². The van der Waals surface area contributed by atoms with Gasteiger partial charge in [0.25, 0.3) is 0 Å². The number of aromatic nitrogens is 2. The molecule has 0 fully saturated rings. The molecule has 3 N–H and O–H groups in total. The number of H-pyrrole nitrogens is 1. The molecule has 5 nitrogen and oxygen atoms in total. The van der Waals surface area contributed by atoms with Crippen molar-refractivity contribution in [3.05, 3.63) is 54.1 Å². The lowest BCUT2D eigenvalue weighted by Gasteiger charge is -2.12. The summed E-state index contributed by atoms with van der Waals surface area (Å²) >= 11 is 0. The number of urea groups is 1. The van der Waals surface area contributed by atoms with E-state index < -0.39 is 0 Å². The van der Waals surface area contributed by atoms with Crippen LogP contribution in [0.2, 0.25) is 0 Å². The van der Waals surface area contributed by atoms with E-state index in [0.29, 0.717) is 6.54 Å². The third kappa shape index (κ3) is 3.35. The van der Waals surface area contributed by atoms with E-state index >= 15 is 0 Å². The van der Waals surface area contributed by atoms with Gasteiger partial charge < -0.3 is 15.6 Å². The molecule has 1 atom stereocenters. The quantitative estimate of drug-likeness (QED) is 0.769. The smallest absolute Gasteiger partial charge is 0.315 e. The van der Waals surface area contributed by atoms with E-state index in [1.807, 2.05) is 37.3 Å². The van der Waals surface area contributed by atoms with E-state index in [4.69, 9.17) is 0 Å². The van der Waals surface area contributed by atoms with Gasteiger partial charge in [-0.1, -0.05) is 30.3 Å². The fourth-order valence-corrected chi connectivity index (χ4v) is 1.61. The minimum Gasteiger partial charge on any atom is -0.347 e. The van der Waals surface area contributed by atoms with Gasteiger partial charge in [0.15, 0.2) is 0 Å². The van der Waals surface area contributed by atoms with Crippen LogP contribution in [0.25, 0.3) is 0 Å². The highest BCUT2D eigenvalue weighted by molar-refractivity contribution is 5.74. The van der Waals surface area contributed by atoms with Crippen molar-refractivity contribution in [1.82, 2.24) is 20.6 Å². The summed E-state index contributed by atoms with van der Waals surface area (Å²) in [5, 5.41) is 5.61. The van der Waals surface area contributed by atoms with E-state index in [1.165, 1.54) is 0 Å². The van der Waals surface area contributed by atoms with Crippen LogP contribution in [0.1, 0.15) is 24.4 Å². The number of hydrogen-bond donors (Lipinski definition) is 3. The Morgan fingerprint density at radius 3 is 2.83 bits per heavy atom. The molecule has 0 bridgehead atoms. The number of hydrogen-bond acceptors (Lipinski definition) is 2. The lowest BCUT2D eigenvalue weighted by Crippen LogP contribution is -2.36. The van der Waals surface area contributed by atoms with Crippen LogP contribution in [0.3, 0.4) is 0 Å². The molecule has 2 rings (SSSR count). The normalized spacial score (nSPS) is 11.8. The lowest BCUT2D eigenvalue weighted by molar-refractivity contribution is 0.237. The Bertz CT molecular complexity index is 481. The van der Waals surface area contributed by atoms with Gasteiger partial charge in [0.2, 0.25) is 0 Å². The number of rotatable bonds is 4. The zero-order valence-electron chi connectivity index (χ0n) is 10.2. The Morgan fingerprint density at radius 1 is 1.39 bits per heavy atom. The summed E-state index contributed by atoms with van der Waals surface area (Å²) in [6.07, 6.45) is 3.39. The van der Waals surface area contributed by atoms with Crippen LogP contribution in [0.4, 0.5) is 4.79 Å². The van der Waals surface area contributed by atoms with Crippen LogP contribution < -0.4 is 10.6 Å². The Kier molecular flexibility index (Phi) is 3.96. The van der Waals surface area contributed by atoms with Gasteiger partial charge in [0.1, 0.15) is 5.82 Å². The standard InChI is InChI=1S/C13H16N4O/c1-10(12-14-7-8-15-12)17-13(18)16-9-11-5-3-2-4-6-11/h2-8,10H,9H2,1H3,(H,14,15)(H2,16,17,18). The number of nitrogens with zero attached hydrogens (tertiary/aromatic N) is 1. The Labute approximate surface area is 106 Å². The van der Waals surface area contributed by atoms with Crippen molar-refractivity contribution >= 4 is 6.03 Å². The highest BCUT2D eigenvalue weighted by atomic mass is 16.2. The maximum atomic E-state index is 11.7. The zero-order valence-corrected chi connectivity index (χ0v) is 10.2. The summed E-state index contributed by atoms with van der Waals surface area (Å²) in [6, 6.07) is 9.43. The summed E-state index contributed by atoms with van der Waals surface area (Å²) in [6.45, 7) is 2.39. The number of carbonyl (C=O) groups excluding carboxylic acids is 1. The maximum absolute atomic E-state index is 11.7. The van der Waals surface area contributed by atoms with Gasteiger partial charge in [0, 0.05) is 18.9 Å². The van der Waals surface area contributed by atoms with Gasteiger partial charge in [-0.05, 0) is 12.5 Å². The van der Waals surface area contributed by atoms with Gasteiger partial charge in [-0.25, -0.2) is 9.78 Å². The topological polar surface area (TPSA) is 69.8 Å². The van der Waals surface area contributed by atoms with E-state index in [0.717, 1.165) is 11.4 Å². The van der Waals surface area contributed by atoms with Crippen molar-refractivity contribution in [2.75, 3.05) is 0 Å². The molecule has 1 unspecified atom stereocenters. The molecule has 0 radical (unpaired) electrons. The summed E-state index contributed by atoms with van der Waals surface area (Å²) in [5.74, 6) is 0.741. The van der Waals surface area contributed by atoms with Crippen LogP contribution >= 0.6 is 0 Å². The molecule has 1 heterocycles. The van der Waals surface area contributed by atoms with Crippen molar-refractivity contribution < 1.29 is 4.79 Å². The Balaban J connectivity index is 1.79. The molecule has 18 heavy (non-hydrogen) atoms. The summed E-state index contributed by atoms with van der Waals surface area (Å²) < 4.78 is 0. The summed E-state index contributed by atoms with van der Waals surface area (Å²) in [7, 11) is 0. The molecule has 2 amide bonds. The Morgan fingerprint density at radius 2 is 2.17 bits per heavy atom. The van der Waals surface area contributed by atoms with E-state index in [1.54, 1.807) is 12.4 Å². The highest BCUT2D eigenvalue weighted by Gasteiger charge is 2.10. The molecular formula is C13H16N4O. The monoisotopic (exact) mass is 244 g/mol. The molecule has 0 saturated heterocycles. The minimum absolute atomic E-state index is 0.143. The van der Waals surface area contributed by atoms with Gasteiger partial charge in [0.05, 0.1) is 6.04 Å². The Hall–Kier alpha value is -2.30. The molecular weight excluding hydrogens is 228 g/mol. The lowest BCUT2D eigenvalue weighted by atomic mass is 10.2. The fourth-order valence-electron chi connectivity index (χ4n) is 1.61. The molecule has 1 aromatic heterocycles. The molecule has 94 valence electrons. The number of nitrogens with one attached hydrogen (secondary N) is 3. The average Bonchev–Trinajstić information content (AvgIpc) is 2.91. The third-order valence-corrected chi connectivity index (χ3v) is 2.57. The number of carbonyl (C=O) groups is 1. The first-order valence-corrected chi connectivity index (χ1v) is 5.83. The molecule has 0 saturated carbocycles. The van der Waals surface area contributed by atoms with Crippen molar-refractivity contribution in [2.45, 2.75) is 19.5 Å². The van der Waals surface area contributed by atoms with Crippen LogP contribution in [-0.4, -0.2) is 16.0 Å². The largest absolute Gasteiger partial charge is 0.347 e. The van der Waals surface area contributed by atoms with Gasteiger partial charge >= 0.3 is 6.03 Å². The predicted molar refractivity (Wildman–Crippen MR) is 68.8 cm³/mol. The van der Waals surface area contributed by atoms with E-state index in [2.05, 4.69) is 20.6 Å². The summed E-state index contributed by atoms with van der Waals surface area (Å²) in [4.78, 5) is 18.7. The first-order valence-electron chi connectivity index (χ1n) is 5.83. The van der Waals surface area contributed by atoms with Crippen LogP contribution in [-0.2, 0) is 6.54 Å². The number of aromatic amines is 1. The van der Waals surface area contributed by atoms with Crippen molar-refractivity contribution in [1.29, 1.82) is 0 Å². The van der Waals surface area contributed by atoms with Crippen molar-refractivity contribution in [3.63, 3.8) is 0 Å². The number of imidazole rings is 1. The van der Waals surface area contributed by atoms with E-state index in [-0.39, 0.29) is 12.1 Å². The highest BCUT2D eigenvalue weighted by Crippen LogP contribution is 2.04.